The zero-order chi connectivity index (χ0) is 11.8. The van der Waals surface area contributed by atoms with E-state index < -0.39 is 5.92 Å². The molecule has 0 aromatic carbocycles. The molecule has 1 aliphatic carbocycles. The number of hydrogen-bond acceptors (Lipinski definition) is 4. The van der Waals surface area contributed by atoms with Crippen LogP contribution in [0.15, 0.2) is 4.99 Å². The Kier molecular flexibility index (Phi) is 2.82. The molecule has 1 N–H and O–H groups in total. The number of carbonyl (C=O) groups is 2. The number of aliphatic imine (C=N–C) groups is 1. The predicted octanol–water partition coefficient (Wildman–Crippen LogP) is 0.953. The lowest BCUT2D eigenvalue weighted by molar-refractivity contribution is -0.136. The lowest BCUT2D eigenvalue weighted by Crippen LogP contribution is -2.48. The summed E-state index contributed by atoms with van der Waals surface area (Å²) in [4.78, 5) is 28.2. The maximum Gasteiger partial charge on any atom is 0.151 e. The first-order valence-electron chi connectivity index (χ1n) is 5.83. The van der Waals surface area contributed by atoms with Crippen LogP contribution in [0.5, 0.6) is 0 Å². The number of hydrogen-bond donors (Lipinski definition) is 1. The second-order valence-electron chi connectivity index (χ2n) is 5.43. The monoisotopic (exact) mass is 222 g/mol. The van der Waals surface area contributed by atoms with Gasteiger partial charge < -0.3 is 5.32 Å². The molecule has 0 bridgehead atoms. The van der Waals surface area contributed by atoms with Crippen molar-refractivity contribution in [3.63, 3.8) is 0 Å². The van der Waals surface area contributed by atoms with Crippen molar-refractivity contribution in [2.75, 3.05) is 13.1 Å². The molecule has 0 aromatic heterocycles. The lowest BCUT2D eigenvalue weighted by atomic mass is 9.71. The first-order valence-corrected chi connectivity index (χ1v) is 5.83. The highest BCUT2D eigenvalue weighted by atomic mass is 16.2. The summed E-state index contributed by atoms with van der Waals surface area (Å²) in [5.74, 6) is 0.0499. The number of nitrogens with one attached hydrogen (secondary N) is 1. The Morgan fingerprint density at radius 1 is 1.25 bits per heavy atom. The summed E-state index contributed by atoms with van der Waals surface area (Å²) in [6.07, 6.45) is 1.93. The highest BCUT2D eigenvalue weighted by molar-refractivity contribution is 6.21. The largest absolute Gasteiger partial charge is 0.373 e. The van der Waals surface area contributed by atoms with Gasteiger partial charge in [0.25, 0.3) is 0 Å². The molecule has 2 aliphatic rings. The van der Waals surface area contributed by atoms with Crippen LogP contribution < -0.4 is 5.32 Å². The third-order valence-corrected chi connectivity index (χ3v) is 3.15. The smallest absolute Gasteiger partial charge is 0.151 e. The van der Waals surface area contributed by atoms with Crippen LogP contribution >= 0.6 is 0 Å². The van der Waals surface area contributed by atoms with Gasteiger partial charge in [-0.15, -0.1) is 0 Å². The minimum atomic E-state index is -0.603. The molecule has 0 spiro atoms. The Labute approximate surface area is 95.5 Å². The van der Waals surface area contributed by atoms with Gasteiger partial charge in [-0.25, -0.2) is 0 Å². The van der Waals surface area contributed by atoms with Gasteiger partial charge in [0.05, 0.1) is 0 Å². The Morgan fingerprint density at radius 2 is 1.88 bits per heavy atom. The lowest BCUT2D eigenvalue weighted by Gasteiger charge is -2.33. The van der Waals surface area contributed by atoms with E-state index in [-0.39, 0.29) is 17.0 Å². The molecule has 4 nitrogen and oxygen atoms in total. The van der Waals surface area contributed by atoms with Crippen LogP contribution in [0.25, 0.3) is 0 Å². The SMILES string of the molecule is CC1(C)CC(=O)C(C2=NCCCN2)C(=O)C1. The van der Waals surface area contributed by atoms with Crippen LogP contribution in [-0.4, -0.2) is 30.5 Å². The fraction of sp³-hybridized carbons (Fsp3) is 0.750. The predicted molar refractivity (Wildman–Crippen MR) is 61.4 cm³/mol. The first-order chi connectivity index (χ1) is 7.49. The summed E-state index contributed by atoms with van der Waals surface area (Å²) in [5.41, 5.74) is -0.181. The van der Waals surface area contributed by atoms with Gasteiger partial charge in [0.15, 0.2) is 11.6 Å². The Hall–Kier alpha value is -1.19. The molecule has 1 heterocycles. The molecule has 4 heteroatoms. The third kappa shape index (κ3) is 2.15. The van der Waals surface area contributed by atoms with Gasteiger partial charge in [0, 0.05) is 25.9 Å². The third-order valence-electron chi connectivity index (χ3n) is 3.15. The van der Waals surface area contributed by atoms with Crippen molar-refractivity contribution in [3.05, 3.63) is 0 Å². The van der Waals surface area contributed by atoms with Crippen molar-refractivity contribution >= 4 is 17.4 Å². The number of ketones is 2. The van der Waals surface area contributed by atoms with E-state index in [0.717, 1.165) is 19.5 Å². The summed E-state index contributed by atoms with van der Waals surface area (Å²) in [6, 6.07) is 0. The topological polar surface area (TPSA) is 58.5 Å². The van der Waals surface area contributed by atoms with Crippen LogP contribution in [0.4, 0.5) is 0 Å². The Bertz CT molecular complexity index is 338. The maximum atomic E-state index is 12.0. The van der Waals surface area contributed by atoms with Crippen molar-refractivity contribution in [1.82, 2.24) is 5.32 Å². The molecule has 1 aliphatic heterocycles. The van der Waals surface area contributed by atoms with Crippen LogP contribution in [0.1, 0.15) is 33.1 Å². The van der Waals surface area contributed by atoms with Crippen molar-refractivity contribution in [2.24, 2.45) is 16.3 Å². The second kappa shape index (κ2) is 4.00. The van der Waals surface area contributed by atoms with Crippen molar-refractivity contribution in [3.8, 4) is 0 Å². The van der Waals surface area contributed by atoms with Gasteiger partial charge in [0.1, 0.15) is 11.8 Å². The highest BCUT2D eigenvalue weighted by Crippen LogP contribution is 2.34. The van der Waals surface area contributed by atoms with Gasteiger partial charge in [0.2, 0.25) is 0 Å². The van der Waals surface area contributed by atoms with Crippen molar-refractivity contribution in [2.45, 2.75) is 33.1 Å². The number of Topliss-reactive ketones (excluding diaryl/α,β-unsaturated/α-hetero) is 2. The molecule has 88 valence electrons. The number of amidine groups is 1. The molecule has 1 fully saturated rings. The second-order valence-corrected chi connectivity index (χ2v) is 5.43. The minimum Gasteiger partial charge on any atom is -0.373 e. The average Bonchev–Trinajstić information content (AvgIpc) is 2.16. The van der Waals surface area contributed by atoms with Gasteiger partial charge in [-0.2, -0.15) is 0 Å². The first kappa shape index (κ1) is 11.3. The molecule has 0 radical (unpaired) electrons. The van der Waals surface area contributed by atoms with E-state index in [9.17, 15) is 9.59 Å². The summed E-state index contributed by atoms with van der Waals surface area (Å²) in [5, 5.41) is 3.09. The Balaban J connectivity index is 2.19. The van der Waals surface area contributed by atoms with E-state index in [1.807, 2.05) is 13.8 Å². The molecule has 0 aromatic rings. The fourth-order valence-electron chi connectivity index (χ4n) is 2.44. The molecule has 2 rings (SSSR count). The number of nitrogens with zero attached hydrogens (tertiary/aromatic N) is 1. The fourth-order valence-corrected chi connectivity index (χ4v) is 2.44. The molecular weight excluding hydrogens is 204 g/mol. The standard InChI is InChI=1S/C12H18N2O2/c1-12(2)6-8(15)10(9(16)7-12)11-13-4-3-5-14-11/h10H,3-7H2,1-2H3,(H,13,14). The summed E-state index contributed by atoms with van der Waals surface area (Å²) in [7, 11) is 0. The molecule has 0 unspecified atom stereocenters. The van der Waals surface area contributed by atoms with Crippen LogP contribution in [0.3, 0.4) is 0 Å². The number of rotatable bonds is 1. The van der Waals surface area contributed by atoms with E-state index in [2.05, 4.69) is 10.3 Å². The van der Waals surface area contributed by atoms with Crippen molar-refractivity contribution in [1.29, 1.82) is 0 Å². The van der Waals surface area contributed by atoms with Gasteiger partial charge in [-0.1, -0.05) is 13.8 Å². The van der Waals surface area contributed by atoms with Crippen LogP contribution in [-0.2, 0) is 9.59 Å². The summed E-state index contributed by atoms with van der Waals surface area (Å²) in [6.45, 7) is 5.48. The van der Waals surface area contributed by atoms with Gasteiger partial charge in [-0.05, 0) is 11.8 Å². The molecule has 0 atom stereocenters. The van der Waals surface area contributed by atoms with E-state index in [1.54, 1.807) is 0 Å². The molecule has 16 heavy (non-hydrogen) atoms. The minimum absolute atomic E-state index is 0.0226. The van der Waals surface area contributed by atoms with E-state index in [0.29, 0.717) is 18.7 Å². The van der Waals surface area contributed by atoms with E-state index >= 15 is 0 Å². The number of carbonyl (C=O) groups excluding carboxylic acids is 2. The van der Waals surface area contributed by atoms with E-state index in [4.69, 9.17) is 0 Å². The van der Waals surface area contributed by atoms with Crippen LogP contribution in [0.2, 0.25) is 0 Å². The van der Waals surface area contributed by atoms with Gasteiger partial charge >= 0.3 is 0 Å². The quantitative estimate of drug-likeness (QED) is 0.672. The normalized spacial score (nSPS) is 26.2. The maximum absolute atomic E-state index is 12.0. The zero-order valence-corrected chi connectivity index (χ0v) is 9.88. The van der Waals surface area contributed by atoms with E-state index in [1.165, 1.54) is 0 Å². The Morgan fingerprint density at radius 3 is 2.38 bits per heavy atom. The zero-order valence-electron chi connectivity index (χ0n) is 9.88. The average molecular weight is 222 g/mol. The van der Waals surface area contributed by atoms with Crippen molar-refractivity contribution < 1.29 is 9.59 Å². The summed E-state index contributed by atoms with van der Waals surface area (Å²) >= 11 is 0. The van der Waals surface area contributed by atoms with Crippen LogP contribution in [0, 0.1) is 11.3 Å². The molecule has 1 saturated carbocycles. The molecule has 0 saturated heterocycles. The van der Waals surface area contributed by atoms with Gasteiger partial charge in [-0.3, -0.25) is 14.6 Å². The summed E-state index contributed by atoms with van der Waals surface area (Å²) < 4.78 is 0. The molecular formula is C12H18N2O2. The molecule has 0 amide bonds. The highest BCUT2D eigenvalue weighted by Gasteiger charge is 2.42.